The highest BCUT2D eigenvalue weighted by Gasteiger charge is 2.13. The molecule has 0 aliphatic carbocycles. The molecule has 3 nitrogen and oxygen atoms in total. The third-order valence-electron chi connectivity index (χ3n) is 3.45. The molecular weight excluding hydrogens is 345 g/mol. The van der Waals surface area contributed by atoms with Crippen LogP contribution in [0.2, 0.25) is 10.0 Å². The van der Waals surface area contributed by atoms with E-state index in [1.165, 1.54) is 0 Å². The first-order valence-corrected chi connectivity index (χ1v) is 8.81. The molecule has 5 heteroatoms. The Labute approximate surface area is 153 Å². The molecule has 24 heavy (non-hydrogen) atoms. The average molecular weight is 368 g/mol. The molecule has 0 aliphatic rings. The molecule has 1 N–H and O–H groups in total. The second-order valence-electron chi connectivity index (χ2n) is 5.74. The third-order valence-corrected chi connectivity index (χ3v) is 4.04. The lowest BCUT2D eigenvalue weighted by Gasteiger charge is -2.17. The van der Waals surface area contributed by atoms with Crippen LogP contribution in [0.1, 0.15) is 31.9 Å². The molecule has 0 amide bonds. The van der Waals surface area contributed by atoms with Gasteiger partial charge < -0.3 is 14.8 Å². The summed E-state index contributed by atoms with van der Waals surface area (Å²) in [5.41, 5.74) is 1.94. The van der Waals surface area contributed by atoms with E-state index in [1.54, 1.807) is 6.07 Å². The number of hydrogen-bond acceptors (Lipinski definition) is 3. The molecule has 0 radical (unpaired) electrons. The van der Waals surface area contributed by atoms with E-state index in [4.69, 9.17) is 32.7 Å². The largest absolute Gasteiger partial charge is 0.490 e. The van der Waals surface area contributed by atoms with Crippen molar-refractivity contribution >= 4 is 23.2 Å². The van der Waals surface area contributed by atoms with Gasteiger partial charge in [-0.2, -0.15) is 0 Å². The first-order valence-electron chi connectivity index (χ1n) is 8.06. The number of para-hydroxylation sites is 1. The molecule has 130 valence electrons. The smallest absolute Gasteiger partial charge is 0.166 e. The van der Waals surface area contributed by atoms with Crippen molar-refractivity contribution in [1.82, 2.24) is 5.32 Å². The molecule has 0 spiro atoms. The summed E-state index contributed by atoms with van der Waals surface area (Å²) in [6, 6.07) is 11.7. The molecule has 0 fully saturated rings. The summed E-state index contributed by atoms with van der Waals surface area (Å²) in [7, 11) is 0. The Morgan fingerprint density at radius 1 is 1.04 bits per heavy atom. The van der Waals surface area contributed by atoms with Gasteiger partial charge in [-0.1, -0.05) is 55.2 Å². The van der Waals surface area contributed by atoms with Crippen LogP contribution in [-0.2, 0) is 13.2 Å². The number of ether oxygens (including phenoxy) is 2. The lowest BCUT2D eigenvalue weighted by atomic mass is 10.1. The topological polar surface area (TPSA) is 30.5 Å². The maximum absolute atomic E-state index is 6.23. The predicted octanol–water partition coefficient (Wildman–Crippen LogP) is 5.47. The van der Waals surface area contributed by atoms with E-state index in [-0.39, 0.29) is 0 Å². The monoisotopic (exact) mass is 367 g/mol. The number of halogens is 2. The second kappa shape index (κ2) is 9.16. The van der Waals surface area contributed by atoms with Gasteiger partial charge >= 0.3 is 0 Å². The fourth-order valence-electron chi connectivity index (χ4n) is 2.24. The lowest BCUT2D eigenvalue weighted by molar-refractivity contribution is 0.266. The predicted molar refractivity (Wildman–Crippen MR) is 100 cm³/mol. The van der Waals surface area contributed by atoms with Crippen LogP contribution < -0.4 is 14.8 Å². The van der Waals surface area contributed by atoms with Crippen LogP contribution in [0.15, 0.2) is 36.4 Å². The van der Waals surface area contributed by atoms with Gasteiger partial charge in [-0.3, -0.25) is 0 Å². The van der Waals surface area contributed by atoms with E-state index < -0.39 is 0 Å². The normalized spacial score (nSPS) is 10.9. The maximum Gasteiger partial charge on any atom is 0.166 e. The van der Waals surface area contributed by atoms with Gasteiger partial charge in [0.1, 0.15) is 6.61 Å². The number of rotatable bonds is 8. The summed E-state index contributed by atoms with van der Waals surface area (Å²) in [5.74, 6) is 1.49. The van der Waals surface area contributed by atoms with Crippen molar-refractivity contribution in [3.8, 4) is 11.5 Å². The fourth-order valence-corrected chi connectivity index (χ4v) is 2.70. The van der Waals surface area contributed by atoms with Crippen molar-refractivity contribution in [2.75, 3.05) is 6.61 Å². The molecule has 0 aliphatic heterocycles. The van der Waals surface area contributed by atoms with Crippen molar-refractivity contribution in [3.05, 3.63) is 57.6 Å². The molecule has 0 saturated heterocycles. The summed E-state index contributed by atoms with van der Waals surface area (Å²) in [6.07, 6.45) is 0. The van der Waals surface area contributed by atoms with Crippen LogP contribution in [0, 0.1) is 0 Å². The van der Waals surface area contributed by atoms with E-state index in [0.717, 1.165) is 22.6 Å². The van der Waals surface area contributed by atoms with Gasteiger partial charge in [-0.05, 0) is 25.1 Å². The standard InChI is InChI=1S/C19H23Cl2NO2/c1-4-23-18-7-5-6-14(11-22-13(2)3)19(18)24-12-15-8-9-16(20)10-17(15)21/h5-10,13,22H,4,11-12H2,1-3H3. The highest BCUT2D eigenvalue weighted by atomic mass is 35.5. The Morgan fingerprint density at radius 2 is 1.83 bits per heavy atom. The summed E-state index contributed by atoms with van der Waals surface area (Å²) in [4.78, 5) is 0. The minimum atomic E-state index is 0.356. The molecule has 0 heterocycles. The van der Waals surface area contributed by atoms with Crippen molar-refractivity contribution < 1.29 is 9.47 Å². The van der Waals surface area contributed by atoms with E-state index in [2.05, 4.69) is 19.2 Å². The van der Waals surface area contributed by atoms with Gasteiger partial charge in [-0.15, -0.1) is 0 Å². The highest BCUT2D eigenvalue weighted by molar-refractivity contribution is 6.35. The SMILES string of the molecule is CCOc1cccc(CNC(C)C)c1OCc1ccc(Cl)cc1Cl. The first kappa shape index (κ1) is 18.9. The van der Waals surface area contributed by atoms with E-state index in [1.807, 2.05) is 37.3 Å². The van der Waals surface area contributed by atoms with Crippen LogP contribution in [0.25, 0.3) is 0 Å². The van der Waals surface area contributed by atoms with Crippen LogP contribution in [0.5, 0.6) is 11.5 Å². The quantitative estimate of drug-likeness (QED) is 0.670. The zero-order chi connectivity index (χ0) is 17.5. The van der Waals surface area contributed by atoms with E-state index in [0.29, 0.717) is 35.8 Å². The van der Waals surface area contributed by atoms with E-state index in [9.17, 15) is 0 Å². The molecule has 0 atom stereocenters. The molecule has 2 rings (SSSR count). The lowest BCUT2D eigenvalue weighted by Crippen LogP contribution is -2.22. The minimum absolute atomic E-state index is 0.356. The molecule has 0 saturated carbocycles. The third kappa shape index (κ3) is 5.30. The van der Waals surface area contributed by atoms with Crippen molar-refractivity contribution in [2.45, 2.75) is 40.0 Å². The molecule has 0 unspecified atom stereocenters. The Balaban J connectivity index is 2.21. The average Bonchev–Trinajstić information content (AvgIpc) is 2.53. The minimum Gasteiger partial charge on any atom is -0.490 e. The number of nitrogens with one attached hydrogen (secondary N) is 1. The zero-order valence-corrected chi connectivity index (χ0v) is 15.7. The van der Waals surface area contributed by atoms with Gasteiger partial charge in [0.05, 0.1) is 6.61 Å². The molecule has 2 aromatic carbocycles. The molecular formula is C19H23Cl2NO2. The van der Waals surface area contributed by atoms with Gasteiger partial charge in [0.25, 0.3) is 0 Å². The van der Waals surface area contributed by atoms with Gasteiger partial charge in [0, 0.05) is 33.8 Å². The maximum atomic E-state index is 6.23. The van der Waals surface area contributed by atoms with Gasteiger partial charge in [-0.25, -0.2) is 0 Å². The summed E-state index contributed by atoms with van der Waals surface area (Å²) < 4.78 is 11.8. The molecule has 0 bridgehead atoms. The first-order chi connectivity index (χ1) is 11.5. The molecule has 2 aromatic rings. The van der Waals surface area contributed by atoms with Gasteiger partial charge in [0.2, 0.25) is 0 Å². The number of benzene rings is 2. The van der Waals surface area contributed by atoms with Crippen LogP contribution in [0.4, 0.5) is 0 Å². The summed E-state index contributed by atoms with van der Waals surface area (Å²) in [6.45, 7) is 7.83. The summed E-state index contributed by atoms with van der Waals surface area (Å²) >= 11 is 12.2. The fraction of sp³-hybridized carbons (Fsp3) is 0.368. The van der Waals surface area contributed by atoms with Crippen molar-refractivity contribution in [1.29, 1.82) is 0 Å². The zero-order valence-electron chi connectivity index (χ0n) is 14.2. The van der Waals surface area contributed by atoms with Crippen molar-refractivity contribution in [2.24, 2.45) is 0 Å². The Kier molecular flexibility index (Phi) is 7.22. The van der Waals surface area contributed by atoms with Crippen LogP contribution >= 0.6 is 23.2 Å². The second-order valence-corrected chi connectivity index (χ2v) is 6.58. The highest BCUT2D eigenvalue weighted by Crippen LogP contribution is 2.33. The Hall–Kier alpha value is -1.42. The molecule has 0 aromatic heterocycles. The Bertz CT molecular complexity index is 674. The Morgan fingerprint density at radius 3 is 2.50 bits per heavy atom. The van der Waals surface area contributed by atoms with E-state index >= 15 is 0 Å². The van der Waals surface area contributed by atoms with Crippen molar-refractivity contribution in [3.63, 3.8) is 0 Å². The van der Waals surface area contributed by atoms with Crippen LogP contribution in [0.3, 0.4) is 0 Å². The van der Waals surface area contributed by atoms with Gasteiger partial charge in [0.15, 0.2) is 11.5 Å². The van der Waals surface area contributed by atoms with Crippen LogP contribution in [-0.4, -0.2) is 12.6 Å². The number of hydrogen-bond donors (Lipinski definition) is 1. The summed E-state index contributed by atoms with van der Waals surface area (Å²) in [5, 5.41) is 4.62.